The third kappa shape index (κ3) is 3.63. The van der Waals surface area contributed by atoms with Gasteiger partial charge in [0.15, 0.2) is 0 Å². The summed E-state index contributed by atoms with van der Waals surface area (Å²) in [6, 6.07) is 5.76. The molecule has 0 fully saturated rings. The number of hydrogen-bond acceptors (Lipinski definition) is 6. The Kier molecular flexibility index (Phi) is 4.41. The quantitative estimate of drug-likeness (QED) is 0.833. The van der Waals surface area contributed by atoms with Crippen LogP contribution in [0.25, 0.3) is 0 Å². The van der Waals surface area contributed by atoms with Gasteiger partial charge in [-0.3, -0.25) is 0 Å². The molecule has 2 heterocycles. The van der Waals surface area contributed by atoms with Gasteiger partial charge in [-0.05, 0) is 11.4 Å². The highest BCUT2D eigenvalue weighted by Gasteiger charge is 2.08. The zero-order chi connectivity index (χ0) is 12.8. The highest BCUT2D eigenvalue weighted by Crippen LogP contribution is 2.09. The predicted molar refractivity (Wildman–Crippen MR) is 64.7 cm³/mol. The van der Waals surface area contributed by atoms with Crippen LogP contribution in [0.4, 0.5) is 0 Å². The first-order valence-corrected chi connectivity index (χ1v) is 6.23. The van der Waals surface area contributed by atoms with Gasteiger partial charge in [-0.1, -0.05) is 6.07 Å². The largest absolute Gasteiger partial charge is 0.389 e. The molecule has 0 aliphatic carbocycles. The molecule has 1 N–H and O–H groups in total. The van der Waals surface area contributed by atoms with E-state index in [0.717, 1.165) is 4.88 Å². The number of aliphatic hydroxyl groups excluding tert-OH is 1. The van der Waals surface area contributed by atoms with Crippen LogP contribution in [0, 0.1) is 11.3 Å². The highest BCUT2D eigenvalue weighted by atomic mass is 32.1. The zero-order valence-electron chi connectivity index (χ0n) is 9.56. The van der Waals surface area contributed by atoms with Crippen LogP contribution in [0.1, 0.15) is 10.7 Å². The van der Waals surface area contributed by atoms with Crippen LogP contribution in [0.5, 0.6) is 0 Å². The van der Waals surface area contributed by atoms with Gasteiger partial charge in [-0.15, -0.1) is 16.4 Å². The third-order valence-electron chi connectivity index (χ3n) is 2.17. The van der Waals surface area contributed by atoms with Crippen molar-refractivity contribution < 1.29 is 9.84 Å². The lowest BCUT2D eigenvalue weighted by atomic mass is 10.4. The molecule has 0 aliphatic heterocycles. The number of rotatable bonds is 6. The smallest absolute Gasteiger partial charge is 0.252 e. The van der Waals surface area contributed by atoms with Gasteiger partial charge in [0.2, 0.25) is 0 Å². The van der Waals surface area contributed by atoms with E-state index in [1.807, 2.05) is 23.6 Å². The average molecular weight is 264 g/mol. The van der Waals surface area contributed by atoms with Crippen molar-refractivity contribution in [2.45, 2.75) is 19.3 Å². The summed E-state index contributed by atoms with van der Waals surface area (Å²) in [5.74, 6) is 0.0988. The summed E-state index contributed by atoms with van der Waals surface area (Å²) in [6.07, 6.45) is 0.749. The monoisotopic (exact) mass is 264 g/mol. The Morgan fingerprint density at radius 2 is 2.50 bits per heavy atom. The molecule has 18 heavy (non-hydrogen) atoms. The van der Waals surface area contributed by atoms with Crippen molar-refractivity contribution in [3.63, 3.8) is 0 Å². The van der Waals surface area contributed by atoms with Crippen LogP contribution >= 0.6 is 11.3 Å². The van der Waals surface area contributed by atoms with E-state index in [-0.39, 0.29) is 19.0 Å². The van der Waals surface area contributed by atoms with Crippen LogP contribution < -0.4 is 0 Å². The van der Waals surface area contributed by atoms with Crippen molar-refractivity contribution in [1.29, 1.82) is 5.26 Å². The van der Waals surface area contributed by atoms with Crippen LogP contribution in [0.3, 0.4) is 0 Å². The number of hydrogen-bond donors (Lipinski definition) is 1. The van der Waals surface area contributed by atoms with Crippen LogP contribution in [0.15, 0.2) is 23.8 Å². The number of nitriles is 1. The second-order valence-corrected chi connectivity index (χ2v) is 4.68. The molecular weight excluding hydrogens is 252 g/mol. The molecule has 0 amide bonds. The number of aromatic nitrogens is 3. The van der Waals surface area contributed by atoms with Crippen LogP contribution in [0.2, 0.25) is 0 Å². The maximum absolute atomic E-state index is 9.72. The molecule has 7 heteroatoms. The Labute approximate surface area is 108 Å². The van der Waals surface area contributed by atoms with Crippen LogP contribution in [-0.2, 0) is 17.9 Å². The molecule has 2 aromatic rings. The van der Waals surface area contributed by atoms with Crippen molar-refractivity contribution in [1.82, 2.24) is 14.8 Å². The summed E-state index contributed by atoms with van der Waals surface area (Å²) in [5, 5.41) is 24.1. The minimum absolute atomic E-state index is 0.0988. The summed E-state index contributed by atoms with van der Waals surface area (Å²) in [6.45, 7) is 0.980. The van der Waals surface area contributed by atoms with E-state index >= 15 is 0 Å². The topological polar surface area (TPSA) is 84.0 Å². The molecule has 94 valence electrons. The fourth-order valence-corrected chi connectivity index (χ4v) is 2.03. The van der Waals surface area contributed by atoms with E-state index in [1.165, 1.54) is 11.0 Å². The molecule has 0 aliphatic rings. The predicted octanol–water partition coefficient (Wildman–Crippen LogP) is 0.789. The van der Waals surface area contributed by atoms with Gasteiger partial charge in [0, 0.05) is 4.88 Å². The summed E-state index contributed by atoms with van der Waals surface area (Å²) < 4.78 is 6.81. The van der Waals surface area contributed by atoms with Crippen LogP contribution in [-0.4, -0.2) is 32.6 Å². The Morgan fingerprint density at radius 1 is 1.61 bits per heavy atom. The Morgan fingerprint density at radius 3 is 3.17 bits per heavy atom. The van der Waals surface area contributed by atoms with Gasteiger partial charge in [0.05, 0.1) is 25.9 Å². The van der Waals surface area contributed by atoms with E-state index in [2.05, 4.69) is 10.1 Å². The fourth-order valence-electron chi connectivity index (χ4n) is 1.39. The molecule has 2 aromatic heterocycles. The number of nitrogens with zero attached hydrogens (tertiary/aromatic N) is 4. The molecule has 0 saturated carbocycles. The third-order valence-corrected chi connectivity index (χ3v) is 3.02. The van der Waals surface area contributed by atoms with Gasteiger partial charge < -0.3 is 9.84 Å². The van der Waals surface area contributed by atoms with Crippen molar-refractivity contribution in [2.24, 2.45) is 0 Å². The van der Waals surface area contributed by atoms with Gasteiger partial charge in [-0.2, -0.15) is 5.26 Å². The van der Waals surface area contributed by atoms with Crippen molar-refractivity contribution >= 4 is 11.3 Å². The van der Waals surface area contributed by atoms with E-state index in [1.54, 1.807) is 11.3 Å². The molecule has 1 unspecified atom stereocenters. The van der Waals surface area contributed by atoms with Crippen molar-refractivity contribution in [3.05, 3.63) is 34.5 Å². The lowest BCUT2D eigenvalue weighted by molar-refractivity contribution is 0.0195. The minimum Gasteiger partial charge on any atom is -0.389 e. The first-order chi connectivity index (χ1) is 8.78. The van der Waals surface area contributed by atoms with Gasteiger partial charge in [0.1, 0.15) is 12.4 Å². The highest BCUT2D eigenvalue weighted by molar-refractivity contribution is 7.09. The molecule has 6 nitrogen and oxygen atoms in total. The van der Waals surface area contributed by atoms with Gasteiger partial charge in [0.25, 0.3) is 5.82 Å². The first kappa shape index (κ1) is 12.7. The van der Waals surface area contributed by atoms with Gasteiger partial charge in [-0.25, -0.2) is 9.67 Å². The number of ether oxygens (including phenoxy) is 1. The average Bonchev–Trinajstić information content (AvgIpc) is 3.00. The van der Waals surface area contributed by atoms with E-state index in [9.17, 15) is 5.11 Å². The Hall–Kier alpha value is -1.75. The molecule has 2 rings (SSSR count). The molecule has 0 aromatic carbocycles. The molecule has 0 spiro atoms. The van der Waals surface area contributed by atoms with E-state index in [4.69, 9.17) is 10.00 Å². The van der Waals surface area contributed by atoms with E-state index < -0.39 is 6.10 Å². The molecule has 1 atom stereocenters. The second kappa shape index (κ2) is 6.26. The number of thiophene rings is 1. The molecular formula is C11H12N4O2S. The molecule has 0 bridgehead atoms. The summed E-state index contributed by atoms with van der Waals surface area (Å²) >= 11 is 1.61. The normalized spacial score (nSPS) is 12.2. The lowest BCUT2D eigenvalue weighted by Crippen LogP contribution is -2.22. The van der Waals surface area contributed by atoms with Crippen molar-refractivity contribution in [3.8, 4) is 6.07 Å². The van der Waals surface area contributed by atoms with Crippen molar-refractivity contribution in [2.75, 3.05) is 6.61 Å². The summed E-state index contributed by atoms with van der Waals surface area (Å²) in [7, 11) is 0. The fraction of sp³-hybridized carbons (Fsp3) is 0.364. The van der Waals surface area contributed by atoms with Gasteiger partial charge >= 0.3 is 0 Å². The Balaban J connectivity index is 1.72. The standard InChI is InChI=1S/C11H12N4O2S/c12-4-11-13-8-15(14-11)5-9(16)6-17-7-10-2-1-3-18-10/h1-3,8-9,16H,5-7H2. The SMILES string of the molecule is N#Cc1ncn(CC(O)COCc2cccs2)n1. The zero-order valence-corrected chi connectivity index (χ0v) is 10.4. The Bertz CT molecular complexity index is 517. The lowest BCUT2D eigenvalue weighted by Gasteiger charge is -2.10. The molecule has 0 radical (unpaired) electrons. The maximum atomic E-state index is 9.72. The summed E-state index contributed by atoms with van der Waals surface area (Å²) in [4.78, 5) is 4.87. The second-order valence-electron chi connectivity index (χ2n) is 3.65. The summed E-state index contributed by atoms with van der Waals surface area (Å²) in [5.41, 5.74) is 0. The minimum atomic E-state index is -0.668. The first-order valence-electron chi connectivity index (χ1n) is 5.35. The maximum Gasteiger partial charge on any atom is 0.252 e. The number of aliphatic hydroxyl groups is 1. The van der Waals surface area contributed by atoms with E-state index in [0.29, 0.717) is 6.61 Å². The molecule has 0 saturated heterocycles.